The van der Waals surface area contributed by atoms with Gasteiger partial charge in [0, 0.05) is 17.7 Å². The maximum absolute atomic E-state index is 12.4. The summed E-state index contributed by atoms with van der Waals surface area (Å²) in [4.78, 5) is 36.0. The Morgan fingerprint density at radius 3 is 2.21 bits per heavy atom. The van der Waals surface area contributed by atoms with Gasteiger partial charge in [-0.15, -0.1) is 0 Å². The van der Waals surface area contributed by atoms with Crippen LogP contribution in [-0.2, 0) is 4.79 Å². The van der Waals surface area contributed by atoms with Gasteiger partial charge < -0.3 is 10.1 Å². The molecule has 0 heterocycles. The number of benzene rings is 2. The zero-order chi connectivity index (χ0) is 20.5. The van der Waals surface area contributed by atoms with Crippen molar-refractivity contribution in [1.29, 1.82) is 0 Å². The van der Waals surface area contributed by atoms with Crippen LogP contribution in [-0.4, -0.2) is 24.3 Å². The molecule has 2 aromatic carbocycles. The standard InChI is InChI=1S/C21H25N3O4/c1-4-19(25)22-16-11-9-15(10-12-16)20(26)23-24-21(27)17-7-5-6-8-18(17)28-13-14(2)3/h5-12,14H,4,13H2,1-3H3,(H,22,25)(H,23,26)(H,24,27). The molecule has 2 aromatic rings. The first-order chi connectivity index (χ1) is 13.4. The first kappa shape index (κ1) is 21.0. The van der Waals surface area contributed by atoms with Crippen molar-refractivity contribution in [1.82, 2.24) is 10.9 Å². The Labute approximate surface area is 164 Å². The van der Waals surface area contributed by atoms with Gasteiger partial charge in [0.15, 0.2) is 0 Å². The summed E-state index contributed by atoms with van der Waals surface area (Å²) in [5.41, 5.74) is 6.05. The molecular formula is C21H25N3O4. The molecule has 7 nitrogen and oxygen atoms in total. The van der Waals surface area contributed by atoms with Crippen molar-refractivity contribution in [3.63, 3.8) is 0 Å². The van der Waals surface area contributed by atoms with Gasteiger partial charge in [0.25, 0.3) is 11.8 Å². The van der Waals surface area contributed by atoms with Crippen molar-refractivity contribution in [2.24, 2.45) is 5.92 Å². The van der Waals surface area contributed by atoms with Gasteiger partial charge in [0.2, 0.25) is 5.91 Å². The average Bonchev–Trinajstić information content (AvgIpc) is 2.70. The third-order valence-corrected chi connectivity index (χ3v) is 3.75. The van der Waals surface area contributed by atoms with E-state index < -0.39 is 11.8 Å². The number of nitrogens with one attached hydrogen (secondary N) is 3. The Morgan fingerprint density at radius 2 is 1.57 bits per heavy atom. The van der Waals surface area contributed by atoms with E-state index in [2.05, 4.69) is 16.2 Å². The number of hydrogen-bond acceptors (Lipinski definition) is 4. The quantitative estimate of drug-likeness (QED) is 0.640. The lowest BCUT2D eigenvalue weighted by Crippen LogP contribution is -2.41. The van der Waals surface area contributed by atoms with E-state index in [0.717, 1.165) is 0 Å². The summed E-state index contributed by atoms with van der Waals surface area (Å²) in [5.74, 6) is -0.274. The molecule has 3 N–H and O–H groups in total. The highest BCUT2D eigenvalue weighted by Gasteiger charge is 2.14. The van der Waals surface area contributed by atoms with E-state index in [1.54, 1.807) is 55.5 Å². The van der Waals surface area contributed by atoms with Crippen LogP contribution in [0.2, 0.25) is 0 Å². The molecule has 0 bridgehead atoms. The second-order valence-corrected chi connectivity index (χ2v) is 6.59. The van der Waals surface area contributed by atoms with Gasteiger partial charge in [-0.3, -0.25) is 25.2 Å². The molecule has 0 saturated carbocycles. The van der Waals surface area contributed by atoms with Crippen LogP contribution < -0.4 is 20.9 Å². The van der Waals surface area contributed by atoms with Gasteiger partial charge >= 0.3 is 0 Å². The molecule has 0 aliphatic rings. The minimum absolute atomic E-state index is 0.109. The largest absolute Gasteiger partial charge is 0.492 e. The van der Waals surface area contributed by atoms with Crippen molar-refractivity contribution >= 4 is 23.4 Å². The highest BCUT2D eigenvalue weighted by molar-refractivity contribution is 6.00. The molecule has 0 radical (unpaired) electrons. The number of carbonyl (C=O) groups is 3. The number of ether oxygens (including phenoxy) is 1. The molecule has 0 aliphatic carbocycles. The topological polar surface area (TPSA) is 96.5 Å². The number of carbonyl (C=O) groups excluding carboxylic acids is 3. The number of anilines is 1. The summed E-state index contributed by atoms with van der Waals surface area (Å²) in [7, 11) is 0. The van der Waals surface area contributed by atoms with Crippen LogP contribution in [0.3, 0.4) is 0 Å². The van der Waals surface area contributed by atoms with E-state index in [1.165, 1.54) is 0 Å². The lowest BCUT2D eigenvalue weighted by molar-refractivity contribution is -0.115. The fourth-order valence-electron chi connectivity index (χ4n) is 2.24. The monoisotopic (exact) mass is 383 g/mol. The average molecular weight is 383 g/mol. The smallest absolute Gasteiger partial charge is 0.273 e. The summed E-state index contributed by atoms with van der Waals surface area (Å²) in [6.45, 7) is 6.27. The molecule has 0 saturated heterocycles. The molecule has 148 valence electrons. The second kappa shape index (κ2) is 10.1. The summed E-state index contributed by atoms with van der Waals surface area (Å²) >= 11 is 0. The first-order valence-electron chi connectivity index (χ1n) is 9.13. The molecule has 3 amide bonds. The molecule has 0 aliphatic heterocycles. The Balaban J connectivity index is 1.95. The lowest BCUT2D eigenvalue weighted by atomic mass is 10.2. The Bertz CT molecular complexity index is 832. The zero-order valence-corrected chi connectivity index (χ0v) is 16.2. The van der Waals surface area contributed by atoms with E-state index >= 15 is 0 Å². The third kappa shape index (κ3) is 6.12. The fraction of sp³-hybridized carbons (Fsp3) is 0.286. The molecule has 0 fully saturated rings. The summed E-state index contributed by atoms with van der Waals surface area (Å²) in [5, 5.41) is 2.70. The number of para-hydroxylation sites is 1. The minimum Gasteiger partial charge on any atom is -0.492 e. The van der Waals surface area contributed by atoms with Crippen LogP contribution in [0.15, 0.2) is 48.5 Å². The SMILES string of the molecule is CCC(=O)Nc1ccc(C(=O)NNC(=O)c2ccccc2OCC(C)C)cc1. The Morgan fingerprint density at radius 1 is 0.929 bits per heavy atom. The predicted octanol–water partition coefficient (Wildman–Crippen LogP) is 3.14. The fourth-order valence-corrected chi connectivity index (χ4v) is 2.24. The van der Waals surface area contributed by atoms with E-state index in [9.17, 15) is 14.4 Å². The maximum atomic E-state index is 12.4. The van der Waals surface area contributed by atoms with E-state index in [0.29, 0.717) is 41.5 Å². The van der Waals surface area contributed by atoms with Gasteiger partial charge in [0.1, 0.15) is 5.75 Å². The molecule has 2 rings (SSSR count). The molecule has 28 heavy (non-hydrogen) atoms. The molecular weight excluding hydrogens is 358 g/mol. The normalized spacial score (nSPS) is 10.3. The van der Waals surface area contributed by atoms with Crippen molar-refractivity contribution in [2.45, 2.75) is 27.2 Å². The number of hydrazine groups is 1. The highest BCUT2D eigenvalue weighted by atomic mass is 16.5. The van der Waals surface area contributed by atoms with Crippen molar-refractivity contribution in [3.8, 4) is 5.75 Å². The Hall–Kier alpha value is -3.35. The van der Waals surface area contributed by atoms with Gasteiger partial charge in [0.05, 0.1) is 12.2 Å². The molecule has 0 spiro atoms. The first-order valence-corrected chi connectivity index (χ1v) is 9.13. The van der Waals surface area contributed by atoms with Crippen molar-refractivity contribution < 1.29 is 19.1 Å². The second-order valence-electron chi connectivity index (χ2n) is 6.59. The van der Waals surface area contributed by atoms with Crippen LogP contribution in [0.25, 0.3) is 0 Å². The van der Waals surface area contributed by atoms with E-state index in [-0.39, 0.29) is 5.91 Å². The molecule has 0 atom stereocenters. The van der Waals surface area contributed by atoms with Gasteiger partial charge in [-0.1, -0.05) is 32.9 Å². The number of rotatable bonds is 7. The zero-order valence-electron chi connectivity index (χ0n) is 16.2. The van der Waals surface area contributed by atoms with Gasteiger partial charge in [-0.25, -0.2) is 0 Å². The lowest BCUT2D eigenvalue weighted by Gasteiger charge is -2.13. The summed E-state index contributed by atoms with van der Waals surface area (Å²) < 4.78 is 5.66. The van der Waals surface area contributed by atoms with Gasteiger partial charge in [-0.05, 0) is 42.3 Å². The van der Waals surface area contributed by atoms with Crippen LogP contribution in [0.4, 0.5) is 5.69 Å². The van der Waals surface area contributed by atoms with Crippen LogP contribution >= 0.6 is 0 Å². The molecule has 0 unspecified atom stereocenters. The highest BCUT2D eigenvalue weighted by Crippen LogP contribution is 2.18. The third-order valence-electron chi connectivity index (χ3n) is 3.75. The van der Waals surface area contributed by atoms with E-state index in [1.807, 2.05) is 13.8 Å². The van der Waals surface area contributed by atoms with E-state index in [4.69, 9.17) is 4.74 Å². The predicted molar refractivity (Wildman–Crippen MR) is 107 cm³/mol. The maximum Gasteiger partial charge on any atom is 0.273 e. The van der Waals surface area contributed by atoms with Crippen LogP contribution in [0.1, 0.15) is 47.9 Å². The summed E-state index contributed by atoms with van der Waals surface area (Å²) in [6.07, 6.45) is 0.372. The Kier molecular flexibility index (Phi) is 7.56. The number of amides is 3. The molecule has 7 heteroatoms. The summed E-state index contributed by atoms with van der Waals surface area (Å²) in [6, 6.07) is 13.2. The van der Waals surface area contributed by atoms with Crippen molar-refractivity contribution in [2.75, 3.05) is 11.9 Å². The van der Waals surface area contributed by atoms with Gasteiger partial charge in [-0.2, -0.15) is 0 Å². The van der Waals surface area contributed by atoms with Crippen molar-refractivity contribution in [3.05, 3.63) is 59.7 Å². The minimum atomic E-state index is -0.473. The van der Waals surface area contributed by atoms with Crippen LogP contribution in [0.5, 0.6) is 5.75 Å². The number of hydrogen-bond donors (Lipinski definition) is 3. The van der Waals surface area contributed by atoms with Crippen LogP contribution in [0, 0.1) is 5.92 Å². The molecule has 0 aromatic heterocycles.